The van der Waals surface area contributed by atoms with Crippen molar-refractivity contribution in [3.05, 3.63) is 23.9 Å². The van der Waals surface area contributed by atoms with Crippen molar-refractivity contribution in [2.45, 2.75) is 30.8 Å². The fourth-order valence-corrected chi connectivity index (χ4v) is 2.56. The number of aromatic carboxylic acids is 1. The Morgan fingerprint density at radius 2 is 2.21 bits per heavy atom. The Kier molecular flexibility index (Phi) is 4.42. The average Bonchev–Trinajstić information content (AvgIpc) is 3.22. The van der Waals surface area contributed by atoms with Crippen molar-refractivity contribution in [2.75, 3.05) is 12.3 Å². The molecule has 1 aliphatic rings. The summed E-state index contributed by atoms with van der Waals surface area (Å²) < 4.78 is 0. The number of nitrogens with zero attached hydrogens (tertiary/aromatic N) is 2. The van der Waals surface area contributed by atoms with Crippen molar-refractivity contribution < 1.29 is 14.7 Å². The fraction of sp³-hybridized carbons (Fsp3) is 0.462. The Morgan fingerprint density at radius 3 is 2.68 bits per heavy atom. The number of aromatic nitrogens is 1. The maximum atomic E-state index is 12.0. The second-order valence-electron chi connectivity index (χ2n) is 4.39. The number of amides is 1. The molecule has 6 heteroatoms. The smallest absolute Gasteiger partial charge is 0.337 e. The maximum Gasteiger partial charge on any atom is 0.337 e. The lowest BCUT2D eigenvalue weighted by Crippen LogP contribution is -2.34. The molecule has 0 bridgehead atoms. The molecule has 1 amide bonds. The Bertz CT molecular complexity index is 471. The van der Waals surface area contributed by atoms with E-state index in [-0.39, 0.29) is 11.5 Å². The Labute approximate surface area is 116 Å². The number of carbonyl (C=O) groups excluding carboxylic acids is 1. The third-order valence-corrected chi connectivity index (χ3v) is 3.90. The summed E-state index contributed by atoms with van der Waals surface area (Å²) in [6, 6.07) is 3.57. The third kappa shape index (κ3) is 3.70. The summed E-state index contributed by atoms with van der Waals surface area (Å²) in [5.74, 6) is -0.519. The Hall–Kier alpha value is -1.56. The van der Waals surface area contributed by atoms with E-state index in [4.69, 9.17) is 5.11 Å². The summed E-state index contributed by atoms with van der Waals surface area (Å²) in [5, 5.41) is 9.43. The quantitative estimate of drug-likeness (QED) is 0.806. The average molecular weight is 280 g/mol. The lowest BCUT2D eigenvalue weighted by atomic mass is 10.3. The van der Waals surface area contributed by atoms with Gasteiger partial charge in [0.2, 0.25) is 5.91 Å². The highest BCUT2D eigenvalue weighted by Gasteiger charge is 2.31. The monoisotopic (exact) mass is 280 g/mol. The highest BCUT2D eigenvalue weighted by Crippen LogP contribution is 2.27. The van der Waals surface area contributed by atoms with Gasteiger partial charge >= 0.3 is 5.97 Å². The van der Waals surface area contributed by atoms with Crippen LogP contribution in [0.5, 0.6) is 0 Å². The summed E-state index contributed by atoms with van der Waals surface area (Å²) in [6.45, 7) is 2.73. The molecule has 1 saturated carbocycles. The second kappa shape index (κ2) is 6.06. The Morgan fingerprint density at radius 1 is 1.47 bits per heavy atom. The van der Waals surface area contributed by atoms with Gasteiger partial charge in [0.25, 0.3) is 0 Å². The van der Waals surface area contributed by atoms with Gasteiger partial charge in [-0.15, -0.1) is 0 Å². The molecule has 1 N–H and O–H groups in total. The molecule has 1 fully saturated rings. The summed E-state index contributed by atoms with van der Waals surface area (Å²) in [6.07, 6.45) is 3.53. The predicted molar refractivity (Wildman–Crippen MR) is 72.3 cm³/mol. The van der Waals surface area contributed by atoms with Crippen molar-refractivity contribution in [3.63, 3.8) is 0 Å². The molecule has 0 saturated heterocycles. The minimum Gasteiger partial charge on any atom is -0.478 e. The van der Waals surface area contributed by atoms with Gasteiger partial charge in [-0.1, -0.05) is 11.8 Å². The highest BCUT2D eigenvalue weighted by molar-refractivity contribution is 7.99. The van der Waals surface area contributed by atoms with E-state index in [1.54, 1.807) is 6.07 Å². The lowest BCUT2D eigenvalue weighted by Gasteiger charge is -2.19. The molecule has 102 valence electrons. The molecule has 0 spiro atoms. The zero-order chi connectivity index (χ0) is 13.8. The van der Waals surface area contributed by atoms with Gasteiger partial charge < -0.3 is 10.0 Å². The van der Waals surface area contributed by atoms with Gasteiger partial charge in [-0.3, -0.25) is 4.79 Å². The number of carbonyl (C=O) groups is 2. The molecule has 0 aromatic carbocycles. The largest absolute Gasteiger partial charge is 0.478 e. The van der Waals surface area contributed by atoms with Crippen molar-refractivity contribution in [1.29, 1.82) is 0 Å². The van der Waals surface area contributed by atoms with E-state index in [1.807, 2.05) is 11.8 Å². The maximum absolute atomic E-state index is 12.0. The number of rotatable bonds is 6. The van der Waals surface area contributed by atoms with Crippen LogP contribution in [0, 0.1) is 0 Å². The van der Waals surface area contributed by atoms with E-state index in [2.05, 4.69) is 4.98 Å². The molecule has 1 heterocycles. The first-order chi connectivity index (χ1) is 9.11. The number of hydrogen-bond donors (Lipinski definition) is 1. The van der Waals surface area contributed by atoms with E-state index < -0.39 is 5.97 Å². The molecule has 19 heavy (non-hydrogen) atoms. The summed E-state index contributed by atoms with van der Waals surface area (Å²) in [7, 11) is 0. The van der Waals surface area contributed by atoms with Crippen LogP contribution in [-0.4, -0.2) is 45.2 Å². The second-order valence-corrected chi connectivity index (χ2v) is 5.39. The summed E-state index contributed by atoms with van der Waals surface area (Å²) >= 11 is 1.34. The SMILES string of the molecule is CCN(C(=O)CSc1ccc(C(=O)O)cn1)C1CC1. The molecule has 0 atom stereocenters. The standard InChI is InChI=1S/C13H16N2O3S/c1-2-15(10-4-5-10)12(16)8-19-11-6-3-9(7-14-11)13(17)18/h3,6-7,10H,2,4-5,8H2,1H3,(H,17,18). The van der Waals surface area contributed by atoms with Crippen LogP contribution in [0.2, 0.25) is 0 Å². The van der Waals surface area contributed by atoms with Crippen LogP contribution < -0.4 is 0 Å². The van der Waals surface area contributed by atoms with Gasteiger partial charge in [-0.25, -0.2) is 9.78 Å². The Balaban J connectivity index is 1.87. The molecule has 1 aliphatic carbocycles. The molecule has 0 radical (unpaired) electrons. The molecule has 2 rings (SSSR count). The third-order valence-electron chi connectivity index (χ3n) is 2.98. The van der Waals surface area contributed by atoms with Crippen LogP contribution >= 0.6 is 11.8 Å². The molecule has 0 unspecified atom stereocenters. The number of pyridine rings is 1. The van der Waals surface area contributed by atoms with E-state index in [0.717, 1.165) is 19.4 Å². The molecule has 1 aromatic heterocycles. The molecule has 5 nitrogen and oxygen atoms in total. The van der Waals surface area contributed by atoms with Crippen LogP contribution in [-0.2, 0) is 4.79 Å². The molecular weight excluding hydrogens is 264 g/mol. The van der Waals surface area contributed by atoms with Crippen molar-refractivity contribution in [3.8, 4) is 0 Å². The van der Waals surface area contributed by atoms with E-state index >= 15 is 0 Å². The van der Waals surface area contributed by atoms with Crippen LogP contribution in [0.25, 0.3) is 0 Å². The van der Waals surface area contributed by atoms with Gasteiger partial charge in [0.15, 0.2) is 0 Å². The highest BCUT2D eigenvalue weighted by atomic mass is 32.2. The minimum absolute atomic E-state index is 0.124. The number of carboxylic acids is 1. The van der Waals surface area contributed by atoms with E-state index in [1.165, 1.54) is 24.0 Å². The first-order valence-corrected chi connectivity index (χ1v) is 7.22. The first-order valence-electron chi connectivity index (χ1n) is 6.23. The minimum atomic E-state index is -0.994. The van der Waals surface area contributed by atoms with Crippen LogP contribution in [0.4, 0.5) is 0 Å². The number of thioether (sulfide) groups is 1. The molecular formula is C13H16N2O3S. The zero-order valence-electron chi connectivity index (χ0n) is 10.7. The summed E-state index contributed by atoms with van der Waals surface area (Å²) in [5.41, 5.74) is 0.156. The van der Waals surface area contributed by atoms with Crippen molar-refractivity contribution in [1.82, 2.24) is 9.88 Å². The van der Waals surface area contributed by atoms with Crippen LogP contribution in [0.3, 0.4) is 0 Å². The number of carboxylic acid groups (broad SMARTS) is 1. The van der Waals surface area contributed by atoms with Gasteiger partial charge in [0.1, 0.15) is 0 Å². The van der Waals surface area contributed by atoms with Gasteiger partial charge in [0, 0.05) is 18.8 Å². The lowest BCUT2D eigenvalue weighted by molar-refractivity contribution is -0.128. The van der Waals surface area contributed by atoms with E-state index in [9.17, 15) is 9.59 Å². The zero-order valence-corrected chi connectivity index (χ0v) is 11.5. The topological polar surface area (TPSA) is 70.5 Å². The molecule has 0 aliphatic heterocycles. The van der Waals surface area contributed by atoms with Crippen LogP contribution in [0.15, 0.2) is 23.4 Å². The first kappa shape index (κ1) is 13.9. The van der Waals surface area contributed by atoms with Crippen LogP contribution in [0.1, 0.15) is 30.1 Å². The van der Waals surface area contributed by atoms with Gasteiger partial charge in [0.05, 0.1) is 16.3 Å². The normalized spacial score (nSPS) is 14.2. The van der Waals surface area contributed by atoms with Crippen molar-refractivity contribution >= 4 is 23.6 Å². The van der Waals surface area contributed by atoms with Gasteiger partial charge in [-0.05, 0) is 31.9 Å². The molecule has 1 aromatic rings. The number of hydrogen-bond acceptors (Lipinski definition) is 4. The summed E-state index contributed by atoms with van der Waals surface area (Å²) in [4.78, 5) is 28.6. The predicted octanol–water partition coefficient (Wildman–Crippen LogP) is 1.88. The van der Waals surface area contributed by atoms with E-state index in [0.29, 0.717) is 16.8 Å². The fourth-order valence-electron chi connectivity index (χ4n) is 1.84. The van der Waals surface area contributed by atoms with Gasteiger partial charge in [-0.2, -0.15) is 0 Å². The van der Waals surface area contributed by atoms with Crippen molar-refractivity contribution in [2.24, 2.45) is 0 Å².